The first kappa shape index (κ1) is 23.3. The summed E-state index contributed by atoms with van der Waals surface area (Å²) in [7, 11) is 0. The molecule has 1 fully saturated rings. The minimum Gasteiger partial charge on any atom is -0.353 e. The summed E-state index contributed by atoms with van der Waals surface area (Å²) in [6.07, 6.45) is -3.67. The summed E-state index contributed by atoms with van der Waals surface area (Å²) in [5, 5.41) is -0.0202. The molecular formula is C22H26ClF3N4O. The van der Waals surface area contributed by atoms with Crippen molar-refractivity contribution >= 4 is 23.3 Å². The van der Waals surface area contributed by atoms with Gasteiger partial charge in [0.05, 0.1) is 17.1 Å². The van der Waals surface area contributed by atoms with Crippen LogP contribution in [0.25, 0.3) is 0 Å². The monoisotopic (exact) mass is 454 g/mol. The van der Waals surface area contributed by atoms with Gasteiger partial charge in [0, 0.05) is 45.0 Å². The van der Waals surface area contributed by atoms with Crippen LogP contribution in [0, 0.1) is 0 Å². The van der Waals surface area contributed by atoms with Crippen LogP contribution in [0.4, 0.5) is 19.0 Å². The number of pyridine rings is 1. The van der Waals surface area contributed by atoms with E-state index in [0.717, 1.165) is 17.8 Å². The van der Waals surface area contributed by atoms with E-state index in [4.69, 9.17) is 11.6 Å². The Morgan fingerprint density at radius 1 is 1.16 bits per heavy atom. The van der Waals surface area contributed by atoms with Crippen LogP contribution < -0.4 is 4.90 Å². The van der Waals surface area contributed by atoms with Crippen LogP contribution in [0.15, 0.2) is 42.6 Å². The van der Waals surface area contributed by atoms with Crippen molar-refractivity contribution in [3.8, 4) is 0 Å². The third kappa shape index (κ3) is 6.11. The number of alkyl halides is 3. The van der Waals surface area contributed by atoms with Crippen LogP contribution in [0.3, 0.4) is 0 Å². The first-order chi connectivity index (χ1) is 14.6. The van der Waals surface area contributed by atoms with Crippen molar-refractivity contribution in [3.05, 3.63) is 58.7 Å². The molecule has 0 bridgehead atoms. The Bertz CT molecular complexity index is 884. The molecule has 5 nitrogen and oxygen atoms in total. The molecule has 31 heavy (non-hydrogen) atoms. The van der Waals surface area contributed by atoms with Gasteiger partial charge in [0.25, 0.3) is 0 Å². The Morgan fingerprint density at radius 3 is 2.35 bits per heavy atom. The SMILES string of the molecule is CC(C)N(Cc1ccccc1)C(=O)CN1CCN(c2ncc(C(F)(F)F)cc2Cl)CC1. The first-order valence-corrected chi connectivity index (χ1v) is 10.6. The molecule has 3 rings (SSSR count). The second kappa shape index (κ2) is 9.87. The predicted molar refractivity (Wildman–Crippen MR) is 115 cm³/mol. The fraction of sp³-hybridized carbons (Fsp3) is 0.455. The standard InChI is InChI=1S/C22H26ClF3N4O/c1-16(2)30(14-17-6-4-3-5-7-17)20(31)15-28-8-10-29(11-9-28)21-19(23)12-18(13-27-21)22(24,25)26/h3-7,12-13,16H,8-11,14-15H2,1-2H3. The highest BCUT2D eigenvalue weighted by atomic mass is 35.5. The van der Waals surface area contributed by atoms with Crippen molar-refractivity contribution in [2.24, 2.45) is 0 Å². The Labute approximate surface area is 185 Å². The summed E-state index contributed by atoms with van der Waals surface area (Å²) in [4.78, 5) is 22.6. The number of hydrogen-bond acceptors (Lipinski definition) is 4. The minimum atomic E-state index is -4.48. The van der Waals surface area contributed by atoms with Gasteiger partial charge in [-0.1, -0.05) is 41.9 Å². The Morgan fingerprint density at radius 2 is 1.81 bits per heavy atom. The van der Waals surface area contributed by atoms with Gasteiger partial charge in [0.1, 0.15) is 5.82 Å². The van der Waals surface area contributed by atoms with Crippen molar-refractivity contribution in [2.45, 2.75) is 32.6 Å². The van der Waals surface area contributed by atoms with Crippen LogP contribution in [0.1, 0.15) is 25.0 Å². The fourth-order valence-corrected chi connectivity index (χ4v) is 3.84. The quantitative estimate of drug-likeness (QED) is 0.652. The van der Waals surface area contributed by atoms with Gasteiger partial charge in [0.2, 0.25) is 5.91 Å². The molecule has 2 heterocycles. The number of anilines is 1. The molecule has 1 aliphatic rings. The lowest BCUT2D eigenvalue weighted by Crippen LogP contribution is -2.51. The lowest BCUT2D eigenvalue weighted by Gasteiger charge is -2.37. The highest BCUT2D eigenvalue weighted by Crippen LogP contribution is 2.33. The normalized spacial score (nSPS) is 15.4. The molecule has 1 amide bonds. The van der Waals surface area contributed by atoms with Crippen molar-refractivity contribution in [3.63, 3.8) is 0 Å². The minimum absolute atomic E-state index is 0.0202. The van der Waals surface area contributed by atoms with Crippen LogP contribution in [-0.4, -0.2) is 59.5 Å². The van der Waals surface area contributed by atoms with Crippen molar-refractivity contribution in [1.29, 1.82) is 0 Å². The molecule has 168 valence electrons. The zero-order valence-electron chi connectivity index (χ0n) is 17.6. The number of piperazine rings is 1. The van der Waals surface area contributed by atoms with Crippen LogP contribution in [0.5, 0.6) is 0 Å². The zero-order chi connectivity index (χ0) is 22.6. The molecule has 1 aromatic carbocycles. The number of carbonyl (C=O) groups excluding carboxylic acids is 1. The number of rotatable bonds is 6. The van der Waals surface area contributed by atoms with Gasteiger partial charge in [0.15, 0.2) is 0 Å². The molecule has 1 saturated heterocycles. The van der Waals surface area contributed by atoms with Gasteiger partial charge in [-0.2, -0.15) is 13.2 Å². The number of hydrogen-bond donors (Lipinski definition) is 0. The maximum atomic E-state index is 12.9. The van der Waals surface area contributed by atoms with E-state index in [1.807, 2.05) is 54.0 Å². The molecule has 0 unspecified atom stereocenters. The molecule has 0 aliphatic carbocycles. The molecule has 0 saturated carbocycles. The third-order valence-electron chi connectivity index (χ3n) is 5.32. The number of nitrogens with zero attached hydrogens (tertiary/aromatic N) is 4. The Kier molecular flexibility index (Phi) is 7.43. The third-order valence-corrected chi connectivity index (χ3v) is 5.60. The van der Waals surface area contributed by atoms with E-state index >= 15 is 0 Å². The molecule has 0 spiro atoms. The molecule has 0 N–H and O–H groups in total. The number of amides is 1. The van der Waals surface area contributed by atoms with E-state index in [1.165, 1.54) is 0 Å². The summed E-state index contributed by atoms with van der Waals surface area (Å²) < 4.78 is 38.5. The smallest absolute Gasteiger partial charge is 0.353 e. The Balaban J connectivity index is 1.57. The summed E-state index contributed by atoms with van der Waals surface area (Å²) >= 11 is 6.06. The largest absolute Gasteiger partial charge is 0.417 e. The van der Waals surface area contributed by atoms with Gasteiger partial charge in [-0.25, -0.2) is 4.98 Å². The maximum absolute atomic E-state index is 12.9. The van der Waals surface area contributed by atoms with Gasteiger partial charge >= 0.3 is 6.18 Å². The second-order valence-electron chi connectivity index (χ2n) is 7.89. The Hall–Kier alpha value is -2.32. The molecule has 1 aliphatic heterocycles. The summed E-state index contributed by atoms with van der Waals surface area (Å²) in [5.41, 5.74) is 0.218. The van der Waals surface area contributed by atoms with E-state index in [1.54, 1.807) is 0 Å². The second-order valence-corrected chi connectivity index (χ2v) is 8.30. The predicted octanol–water partition coefficient (Wildman–Crippen LogP) is 4.31. The van der Waals surface area contributed by atoms with Gasteiger partial charge in [-0.05, 0) is 25.5 Å². The topological polar surface area (TPSA) is 39.7 Å². The highest BCUT2D eigenvalue weighted by Gasteiger charge is 2.32. The molecule has 0 atom stereocenters. The van der Waals surface area contributed by atoms with E-state index in [-0.39, 0.29) is 17.0 Å². The maximum Gasteiger partial charge on any atom is 0.417 e. The summed E-state index contributed by atoms with van der Waals surface area (Å²) in [6.45, 7) is 7.12. The number of benzene rings is 1. The average molecular weight is 455 g/mol. The number of aromatic nitrogens is 1. The van der Waals surface area contributed by atoms with Crippen LogP contribution in [0.2, 0.25) is 5.02 Å². The van der Waals surface area contributed by atoms with Crippen molar-refractivity contribution < 1.29 is 18.0 Å². The number of halogens is 4. The summed E-state index contributed by atoms with van der Waals surface area (Å²) in [6, 6.07) is 10.8. The van der Waals surface area contributed by atoms with Crippen LogP contribution >= 0.6 is 11.6 Å². The van der Waals surface area contributed by atoms with E-state index < -0.39 is 11.7 Å². The van der Waals surface area contributed by atoms with Gasteiger partial charge in [-0.15, -0.1) is 0 Å². The molecule has 9 heteroatoms. The highest BCUT2D eigenvalue weighted by molar-refractivity contribution is 6.33. The average Bonchev–Trinajstić information content (AvgIpc) is 2.72. The lowest BCUT2D eigenvalue weighted by molar-refractivity contribution is -0.138. The van der Waals surface area contributed by atoms with E-state index in [9.17, 15) is 18.0 Å². The van der Waals surface area contributed by atoms with Crippen LogP contribution in [-0.2, 0) is 17.5 Å². The lowest BCUT2D eigenvalue weighted by atomic mass is 10.2. The van der Waals surface area contributed by atoms with Gasteiger partial charge < -0.3 is 9.80 Å². The van der Waals surface area contributed by atoms with Gasteiger partial charge in [-0.3, -0.25) is 9.69 Å². The number of carbonyl (C=O) groups is 1. The molecule has 1 aromatic heterocycles. The molecule has 2 aromatic rings. The zero-order valence-corrected chi connectivity index (χ0v) is 18.3. The van der Waals surface area contributed by atoms with E-state index in [2.05, 4.69) is 9.88 Å². The van der Waals surface area contributed by atoms with Crippen molar-refractivity contribution in [1.82, 2.24) is 14.8 Å². The first-order valence-electron chi connectivity index (χ1n) is 10.2. The van der Waals surface area contributed by atoms with Crippen molar-refractivity contribution in [2.75, 3.05) is 37.6 Å². The summed E-state index contributed by atoms with van der Waals surface area (Å²) in [5.74, 6) is 0.395. The molecular weight excluding hydrogens is 429 g/mol. The van der Waals surface area contributed by atoms with E-state index in [0.29, 0.717) is 45.1 Å². The molecule has 0 radical (unpaired) electrons. The fourth-order valence-electron chi connectivity index (χ4n) is 3.56.